The molecule has 0 N–H and O–H groups in total. The molecule has 0 saturated heterocycles. The molecule has 0 bridgehead atoms. The van der Waals surface area contributed by atoms with Crippen LogP contribution in [0.3, 0.4) is 0 Å². The number of fused-ring (bicyclic) bond motifs is 2. The smallest absolute Gasteiger partial charge is 0.277 e. The topological polar surface area (TPSA) is 37.6 Å². The summed E-state index contributed by atoms with van der Waals surface area (Å²) >= 11 is 0. The number of hydrogen-bond donors (Lipinski definition) is 0. The maximum absolute atomic E-state index is 14.6. The van der Waals surface area contributed by atoms with E-state index in [2.05, 4.69) is 17.1 Å². The Labute approximate surface area is 139 Å². The van der Waals surface area contributed by atoms with E-state index in [1.807, 2.05) is 19.1 Å². The molecule has 1 aliphatic rings. The first-order valence-corrected chi connectivity index (χ1v) is 8.03. The first kappa shape index (κ1) is 14.9. The van der Waals surface area contributed by atoms with Crippen molar-refractivity contribution in [2.75, 3.05) is 7.05 Å². The molecule has 5 heteroatoms. The molecule has 0 atom stereocenters. The van der Waals surface area contributed by atoms with Crippen molar-refractivity contribution in [3.63, 3.8) is 0 Å². The van der Waals surface area contributed by atoms with Gasteiger partial charge in [-0.25, -0.2) is 4.98 Å². The minimum absolute atomic E-state index is 0.0425. The van der Waals surface area contributed by atoms with E-state index in [1.54, 1.807) is 30.3 Å². The van der Waals surface area contributed by atoms with Crippen molar-refractivity contribution >= 4 is 11.6 Å². The van der Waals surface area contributed by atoms with Gasteiger partial charge in [-0.3, -0.25) is 9.20 Å². The van der Waals surface area contributed by atoms with Crippen LogP contribution in [0, 0.1) is 12.9 Å². The molecule has 24 heavy (non-hydrogen) atoms. The Hall–Kier alpha value is -2.69. The van der Waals surface area contributed by atoms with E-state index in [4.69, 9.17) is 0 Å². The summed E-state index contributed by atoms with van der Waals surface area (Å²) in [6.45, 7) is 1.91. The molecule has 2 aromatic heterocycles. The Kier molecular flexibility index (Phi) is 3.37. The number of nitrogens with zero attached hydrogens (tertiary/aromatic N) is 3. The van der Waals surface area contributed by atoms with Crippen molar-refractivity contribution in [3.05, 3.63) is 70.9 Å². The van der Waals surface area contributed by atoms with Crippen LogP contribution in [0.5, 0.6) is 0 Å². The summed E-state index contributed by atoms with van der Waals surface area (Å²) < 4.78 is 15.9. The Balaban J connectivity index is 1.63. The first-order chi connectivity index (χ1) is 11.5. The molecule has 2 heterocycles. The van der Waals surface area contributed by atoms with E-state index < -0.39 is 5.95 Å². The lowest BCUT2D eigenvalue weighted by Gasteiger charge is -2.23. The quantitative estimate of drug-likeness (QED) is 0.727. The van der Waals surface area contributed by atoms with Crippen LogP contribution in [-0.4, -0.2) is 33.3 Å². The van der Waals surface area contributed by atoms with Crippen LogP contribution in [0.15, 0.2) is 42.6 Å². The highest BCUT2D eigenvalue weighted by Crippen LogP contribution is 2.26. The zero-order valence-corrected chi connectivity index (χ0v) is 13.7. The van der Waals surface area contributed by atoms with Crippen molar-refractivity contribution in [2.24, 2.45) is 0 Å². The lowest BCUT2D eigenvalue weighted by molar-refractivity contribution is 0.0727. The molecule has 122 valence electrons. The lowest BCUT2D eigenvalue weighted by atomic mass is 10.1. The molecule has 1 aliphatic carbocycles. The summed E-state index contributed by atoms with van der Waals surface area (Å²) in [5.41, 5.74) is 3.84. The van der Waals surface area contributed by atoms with E-state index >= 15 is 0 Å². The van der Waals surface area contributed by atoms with Crippen molar-refractivity contribution in [1.29, 1.82) is 0 Å². The zero-order chi connectivity index (χ0) is 16.8. The van der Waals surface area contributed by atoms with Gasteiger partial charge in [-0.15, -0.1) is 0 Å². The van der Waals surface area contributed by atoms with Gasteiger partial charge >= 0.3 is 0 Å². The summed E-state index contributed by atoms with van der Waals surface area (Å²) in [5, 5.41) is 0. The minimum Gasteiger partial charge on any atom is -0.337 e. The standard InChI is InChI=1S/C19H18FN3O/c1-12-7-8-23-16(9-12)21-17(18(23)20)19(24)22(2)15-10-13-5-3-4-6-14(13)11-15/h3-9,15H,10-11H2,1-2H3. The van der Waals surface area contributed by atoms with Gasteiger partial charge in [0.2, 0.25) is 5.95 Å². The second-order valence-electron chi connectivity index (χ2n) is 6.43. The van der Waals surface area contributed by atoms with Crippen LogP contribution in [0.4, 0.5) is 4.39 Å². The van der Waals surface area contributed by atoms with Gasteiger partial charge in [-0.1, -0.05) is 24.3 Å². The number of pyridine rings is 1. The van der Waals surface area contributed by atoms with Crippen LogP contribution in [0.2, 0.25) is 0 Å². The van der Waals surface area contributed by atoms with Gasteiger partial charge in [0.25, 0.3) is 5.91 Å². The molecule has 3 aromatic rings. The van der Waals surface area contributed by atoms with Crippen LogP contribution in [0.25, 0.3) is 5.65 Å². The third kappa shape index (κ3) is 2.28. The number of carbonyl (C=O) groups excluding carboxylic acids is 1. The van der Waals surface area contributed by atoms with Gasteiger partial charge in [0.15, 0.2) is 5.69 Å². The van der Waals surface area contributed by atoms with Gasteiger partial charge in [-0.2, -0.15) is 4.39 Å². The third-order valence-corrected chi connectivity index (χ3v) is 4.82. The van der Waals surface area contributed by atoms with E-state index in [1.165, 1.54) is 15.5 Å². The molecular formula is C19H18FN3O. The summed E-state index contributed by atoms with van der Waals surface area (Å²) in [6, 6.07) is 11.8. The van der Waals surface area contributed by atoms with E-state index in [0.29, 0.717) is 5.65 Å². The molecule has 4 nitrogen and oxygen atoms in total. The fraction of sp³-hybridized carbons (Fsp3) is 0.263. The first-order valence-electron chi connectivity index (χ1n) is 8.03. The number of carbonyl (C=O) groups is 1. The zero-order valence-electron chi connectivity index (χ0n) is 13.7. The van der Waals surface area contributed by atoms with Gasteiger partial charge in [0, 0.05) is 19.3 Å². The highest BCUT2D eigenvalue weighted by Gasteiger charge is 2.30. The molecule has 1 aromatic carbocycles. The van der Waals surface area contributed by atoms with Crippen LogP contribution >= 0.6 is 0 Å². The molecule has 0 fully saturated rings. The predicted molar refractivity (Wildman–Crippen MR) is 89.6 cm³/mol. The van der Waals surface area contributed by atoms with Crippen molar-refractivity contribution in [3.8, 4) is 0 Å². The third-order valence-electron chi connectivity index (χ3n) is 4.82. The Morgan fingerprint density at radius 3 is 2.58 bits per heavy atom. The van der Waals surface area contributed by atoms with Crippen LogP contribution in [0.1, 0.15) is 27.2 Å². The largest absolute Gasteiger partial charge is 0.337 e. The monoisotopic (exact) mass is 323 g/mol. The average molecular weight is 323 g/mol. The van der Waals surface area contributed by atoms with Gasteiger partial charge in [0.05, 0.1) is 0 Å². The van der Waals surface area contributed by atoms with Gasteiger partial charge in [0.1, 0.15) is 5.65 Å². The summed E-state index contributed by atoms with van der Waals surface area (Å²) in [7, 11) is 1.73. The molecule has 0 saturated carbocycles. The number of aromatic nitrogens is 2. The number of imidazole rings is 1. The molecule has 0 unspecified atom stereocenters. The van der Waals surface area contributed by atoms with Gasteiger partial charge < -0.3 is 4.90 Å². The van der Waals surface area contributed by atoms with Crippen molar-refractivity contribution < 1.29 is 9.18 Å². The maximum Gasteiger partial charge on any atom is 0.277 e. The number of halogens is 1. The molecule has 4 rings (SSSR count). The normalized spacial score (nSPS) is 14.1. The maximum atomic E-state index is 14.6. The highest BCUT2D eigenvalue weighted by molar-refractivity contribution is 5.93. The number of hydrogen-bond acceptors (Lipinski definition) is 2. The Morgan fingerprint density at radius 1 is 1.25 bits per heavy atom. The fourth-order valence-corrected chi connectivity index (χ4v) is 3.40. The van der Waals surface area contributed by atoms with Crippen LogP contribution < -0.4 is 0 Å². The minimum atomic E-state index is -0.600. The molecule has 0 spiro atoms. The van der Waals surface area contributed by atoms with E-state index in [9.17, 15) is 9.18 Å². The van der Waals surface area contributed by atoms with Crippen LogP contribution in [-0.2, 0) is 12.8 Å². The predicted octanol–water partition coefficient (Wildman–Crippen LogP) is 3.02. The van der Waals surface area contributed by atoms with Crippen molar-refractivity contribution in [1.82, 2.24) is 14.3 Å². The SMILES string of the molecule is Cc1ccn2c(F)c(C(=O)N(C)C3Cc4ccccc4C3)nc2c1. The number of benzene rings is 1. The second kappa shape index (κ2) is 5.44. The summed E-state index contributed by atoms with van der Waals surface area (Å²) in [5.74, 6) is -0.968. The van der Waals surface area contributed by atoms with E-state index in [0.717, 1.165) is 18.4 Å². The molecular weight excluding hydrogens is 305 g/mol. The summed E-state index contributed by atoms with van der Waals surface area (Å²) in [6.07, 6.45) is 3.20. The second-order valence-corrected chi connectivity index (χ2v) is 6.43. The lowest BCUT2D eigenvalue weighted by Crippen LogP contribution is -2.38. The van der Waals surface area contributed by atoms with E-state index in [-0.39, 0.29) is 17.6 Å². The number of rotatable bonds is 2. The fourth-order valence-electron chi connectivity index (χ4n) is 3.40. The Morgan fingerprint density at radius 2 is 1.92 bits per heavy atom. The highest BCUT2D eigenvalue weighted by atomic mass is 19.1. The summed E-state index contributed by atoms with van der Waals surface area (Å²) in [4.78, 5) is 18.6. The van der Waals surface area contributed by atoms with Crippen molar-refractivity contribution in [2.45, 2.75) is 25.8 Å². The Bertz CT molecular complexity index is 922. The average Bonchev–Trinajstić information content (AvgIpc) is 3.14. The molecule has 0 aliphatic heterocycles. The number of aryl methyl sites for hydroxylation is 1. The number of likely N-dealkylation sites (N-methyl/N-ethyl adjacent to an activating group) is 1. The van der Waals surface area contributed by atoms with Gasteiger partial charge in [-0.05, 0) is 48.6 Å². The number of amides is 1. The molecule has 0 radical (unpaired) electrons. The molecule has 1 amide bonds.